The van der Waals surface area contributed by atoms with E-state index in [9.17, 15) is 9.59 Å². The topological polar surface area (TPSA) is 97.1 Å². The molecule has 0 bridgehead atoms. The number of carbonyl (C=O) groups is 2. The van der Waals surface area contributed by atoms with E-state index in [-0.39, 0.29) is 5.91 Å². The molecule has 3 rings (SSSR count). The smallest absolute Gasteiger partial charge is 0.316 e. The summed E-state index contributed by atoms with van der Waals surface area (Å²) in [7, 11) is 0. The second-order valence-electron chi connectivity index (χ2n) is 5.66. The molecule has 0 aliphatic rings. The zero-order valence-electron chi connectivity index (χ0n) is 14.0. The molecule has 0 radical (unpaired) electrons. The predicted octanol–water partition coefficient (Wildman–Crippen LogP) is 3.06. The Hall–Kier alpha value is -3.67. The number of hydrogen-bond acceptors (Lipinski definition) is 3. The Labute approximate surface area is 150 Å². The second-order valence-corrected chi connectivity index (χ2v) is 5.66. The van der Waals surface area contributed by atoms with Crippen molar-refractivity contribution >= 4 is 34.6 Å². The maximum absolute atomic E-state index is 12.0. The summed E-state index contributed by atoms with van der Waals surface area (Å²) in [5, 5.41) is 6.33. The largest absolute Gasteiger partial charge is 0.351 e. The van der Waals surface area contributed by atoms with Crippen molar-refractivity contribution in [1.82, 2.24) is 10.3 Å². The molecule has 0 saturated heterocycles. The Morgan fingerprint density at radius 1 is 1.04 bits per heavy atom. The highest BCUT2D eigenvalue weighted by atomic mass is 16.2. The normalized spacial score (nSPS) is 10.8. The van der Waals surface area contributed by atoms with Crippen molar-refractivity contribution in [2.45, 2.75) is 6.54 Å². The van der Waals surface area contributed by atoms with E-state index in [0.717, 1.165) is 22.0 Å². The maximum atomic E-state index is 12.0. The van der Waals surface area contributed by atoms with Gasteiger partial charge in [0.1, 0.15) is 0 Å². The number of fused-ring (bicyclic) bond motifs is 1. The molecule has 0 saturated carbocycles. The number of aromatic nitrogens is 1. The van der Waals surface area contributed by atoms with Gasteiger partial charge in [-0.05, 0) is 29.8 Å². The molecule has 1 heterocycles. The number of para-hydroxylation sites is 1. The lowest BCUT2D eigenvalue weighted by molar-refractivity contribution is -0.116. The zero-order chi connectivity index (χ0) is 18.4. The third-order valence-corrected chi connectivity index (χ3v) is 3.77. The van der Waals surface area contributed by atoms with E-state index in [1.165, 1.54) is 6.08 Å². The van der Waals surface area contributed by atoms with Crippen LogP contribution in [0, 0.1) is 0 Å². The molecule has 0 aliphatic heterocycles. The Morgan fingerprint density at radius 3 is 2.58 bits per heavy atom. The van der Waals surface area contributed by atoms with Crippen LogP contribution >= 0.6 is 0 Å². The minimum Gasteiger partial charge on any atom is -0.351 e. The molecule has 6 heteroatoms. The number of anilines is 1. The van der Waals surface area contributed by atoms with Crippen molar-refractivity contribution in [2.24, 2.45) is 5.73 Å². The lowest BCUT2D eigenvalue weighted by Gasteiger charge is -2.05. The van der Waals surface area contributed by atoms with E-state index in [4.69, 9.17) is 5.73 Å². The van der Waals surface area contributed by atoms with Crippen LogP contribution in [0.5, 0.6) is 0 Å². The van der Waals surface area contributed by atoms with E-state index in [1.807, 2.05) is 42.5 Å². The summed E-state index contributed by atoms with van der Waals surface area (Å²) in [4.78, 5) is 27.2. The highest BCUT2D eigenvalue weighted by Crippen LogP contribution is 2.17. The number of benzene rings is 2. The van der Waals surface area contributed by atoms with Crippen LogP contribution in [0.2, 0.25) is 0 Å². The number of urea groups is 1. The Balaban J connectivity index is 1.60. The monoisotopic (exact) mass is 346 g/mol. The van der Waals surface area contributed by atoms with Crippen LogP contribution in [0.15, 0.2) is 66.9 Å². The number of nitrogens with one attached hydrogen (secondary N) is 2. The first-order chi connectivity index (χ1) is 12.6. The molecule has 26 heavy (non-hydrogen) atoms. The van der Waals surface area contributed by atoms with Gasteiger partial charge in [-0.25, -0.2) is 4.79 Å². The summed E-state index contributed by atoms with van der Waals surface area (Å²) in [6, 6.07) is 16.2. The van der Waals surface area contributed by atoms with Crippen LogP contribution in [0.25, 0.3) is 17.0 Å². The second kappa shape index (κ2) is 7.94. The Kier molecular flexibility index (Phi) is 5.24. The molecule has 3 aromatic rings. The van der Waals surface area contributed by atoms with Gasteiger partial charge < -0.3 is 16.4 Å². The average Bonchev–Trinajstić information content (AvgIpc) is 2.65. The van der Waals surface area contributed by atoms with Crippen LogP contribution in [0.1, 0.15) is 11.1 Å². The first-order valence-electron chi connectivity index (χ1n) is 8.07. The Morgan fingerprint density at radius 2 is 1.81 bits per heavy atom. The zero-order valence-corrected chi connectivity index (χ0v) is 14.0. The van der Waals surface area contributed by atoms with Crippen LogP contribution in [0.4, 0.5) is 10.5 Å². The van der Waals surface area contributed by atoms with Crippen molar-refractivity contribution in [1.29, 1.82) is 0 Å². The van der Waals surface area contributed by atoms with Crippen molar-refractivity contribution in [2.75, 3.05) is 5.32 Å². The summed E-state index contributed by atoms with van der Waals surface area (Å²) >= 11 is 0. The van der Waals surface area contributed by atoms with E-state index in [0.29, 0.717) is 12.2 Å². The molecule has 130 valence electrons. The molecule has 0 unspecified atom stereocenters. The summed E-state index contributed by atoms with van der Waals surface area (Å²) in [6.07, 6.45) is 4.98. The fraction of sp³-hybridized carbons (Fsp3) is 0.0500. The number of primary amides is 1. The van der Waals surface area contributed by atoms with Gasteiger partial charge in [-0.2, -0.15) is 0 Å². The molecule has 0 atom stereocenters. The molecular weight excluding hydrogens is 328 g/mol. The van der Waals surface area contributed by atoms with Gasteiger partial charge in [-0.1, -0.05) is 36.4 Å². The Bertz CT molecular complexity index is 960. The van der Waals surface area contributed by atoms with Crippen molar-refractivity contribution in [3.63, 3.8) is 0 Å². The summed E-state index contributed by atoms with van der Waals surface area (Å²) in [5.74, 6) is -0.197. The standard InChI is InChI=1S/C20H18N4O2/c21-20(26)24-17-9-6-14(7-10-17)13-23-18(25)11-8-16-4-1-3-15-5-2-12-22-19(15)16/h1-12H,13H2,(H,23,25)(H3,21,24,26)/b11-8+. The molecule has 0 spiro atoms. The van der Waals surface area contributed by atoms with Crippen LogP contribution in [-0.4, -0.2) is 16.9 Å². The fourth-order valence-corrected chi connectivity index (χ4v) is 2.52. The van der Waals surface area contributed by atoms with Crippen molar-refractivity contribution in [3.8, 4) is 0 Å². The SMILES string of the molecule is NC(=O)Nc1ccc(CNC(=O)/C=C/c2cccc3cccnc23)cc1. The molecule has 3 amide bonds. The molecule has 0 fully saturated rings. The summed E-state index contributed by atoms with van der Waals surface area (Å²) < 4.78 is 0. The lowest BCUT2D eigenvalue weighted by Crippen LogP contribution is -2.20. The number of carbonyl (C=O) groups excluding carboxylic acids is 2. The fourth-order valence-electron chi connectivity index (χ4n) is 2.52. The molecule has 6 nitrogen and oxygen atoms in total. The minimum atomic E-state index is -0.612. The number of rotatable bonds is 5. The highest BCUT2D eigenvalue weighted by molar-refractivity contribution is 5.95. The molecule has 1 aromatic heterocycles. The number of pyridine rings is 1. The van der Waals surface area contributed by atoms with Crippen molar-refractivity contribution < 1.29 is 9.59 Å². The van der Waals surface area contributed by atoms with Gasteiger partial charge >= 0.3 is 6.03 Å². The first-order valence-corrected chi connectivity index (χ1v) is 8.07. The van der Waals surface area contributed by atoms with Crippen molar-refractivity contribution in [3.05, 3.63) is 78.0 Å². The predicted molar refractivity (Wildman–Crippen MR) is 102 cm³/mol. The van der Waals surface area contributed by atoms with E-state index >= 15 is 0 Å². The van der Waals surface area contributed by atoms with Crippen LogP contribution in [-0.2, 0) is 11.3 Å². The van der Waals surface area contributed by atoms with E-state index in [2.05, 4.69) is 15.6 Å². The quantitative estimate of drug-likeness (QED) is 0.619. The van der Waals surface area contributed by atoms with Crippen LogP contribution in [0.3, 0.4) is 0 Å². The van der Waals surface area contributed by atoms with E-state index < -0.39 is 6.03 Å². The molecular formula is C20H18N4O2. The summed E-state index contributed by atoms with van der Waals surface area (Å²) in [5.41, 5.74) is 8.32. The average molecular weight is 346 g/mol. The van der Waals surface area contributed by atoms with Gasteiger partial charge in [0.15, 0.2) is 0 Å². The molecule has 4 N–H and O–H groups in total. The van der Waals surface area contributed by atoms with Crippen LogP contribution < -0.4 is 16.4 Å². The van der Waals surface area contributed by atoms with Gasteiger partial charge in [-0.3, -0.25) is 9.78 Å². The number of nitrogens with zero attached hydrogens (tertiary/aromatic N) is 1. The third-order valence-electron chi connectivity index (χ3n) is 3.77. The first kappa shape index (κ1) is 17.2. The van der Waals surface area contributed by atoms with Gasteiger partial charge in [0.2, 0.25) is 5.91 Å². The van der Waals surface area contributed by atoms with Gasteiger partial charge in [0, 0.05) is 35.5 Å². The van der Waals surface area contributed by atoms with Gasteiger partial charge in [0.05, 0.1) is 5.52 Å². The van der Waals surface area contributed by atoms with E-state index in [1.54, 1.807) is 24.4 Å². The number of amides is 3. The third kappa shape index (κ3) is 4.45. The highest BCUT2D eigenvalue weighted by Gasteiger charge is 2.01. The molecule has 0 aliphatic carbocycles. The maximum Gasteiger partial charge on any atom is 0.316 e. The number of nitrogens with two attached hydrogens (primary N) is 1. The van der Waals surface area contributed by atoms with Gasteiger partial charge in [-0.15, -0.1) is 0 Å². The number of hydrogen-bond donors (Lipinski definition) is 3. The molecule has 2 aromatic carbocycles. The lowest BCUT2D eigenvalue weighted by atomic mass is 10.1. The van der Waals surface area contributed by atoms with Gasteiger partial charge in [0.25, 0.3) is 0 Å². The summed E-state index contributed by atoms with van der Waals surface area (Å²) in [6.45, 7) is 0.383. The minimum absolute atomic E-state index is 0.197.